The maximum absolute atomic E-state index is 6.05. The van der Waals surface area contributed by atoms with Gasteiger partial charge in [0, 0.05) is 5.69 Å². The third-order valence-electron chi connectivity index (χ3n) is 2.38. The Kier molecular flexibility index (Phi) is 4.29. The van der Waals surface area contributed by atoms with E-state index in [0.29, 0.717) is 22.3 Å². The van der Waals surface area contributed by atoms with Crippen molar-refractivity contribution in [3.05, 3.63) is 34.7 Å². The summed E-state index contributed by atoms with van der Waals surface area (Å²) in [6, 6.07) is 5.27. The van der Waals surface area contributed by atoms with Crippen LogP contribution in [-0.4, -0.2) is 24.2 Å². The number of ether oxygens (including phenoxy) is 2. The Morgan fingerprint density at radius 3 is 2.53 bits per heavy atom. The molecule has 0 saturated heterocycles. The number of hydrogen-bond acceptors (Lipinski definition) is 5. The SMILES string of the molecule is COc1ccc(Nc2ncnc(Cl)c2OC)cc1Cl. The first kappa shape index (κ1) is 13.7. The quantitative estimate of drug-likeness (QED) is 0.875. The number of rotatable bonds is 4. The molecule has 0 unspecified atom stereocenters. The lowest BCUT2D eigenvalue weighted by molar-refractivity contribution is 0.413. The molecule has 0 bridgehead atoms. The van der Waals surface area contributed by atoms with E-state index >= 15 is 0 Å². The molecule has 0 radical (unpaired) electrons. The Bertz CT molecular complexity index is 593. The number of benzene rings is 1. The smallest absolute Gasteiger partial charge is 0.199 e. The minimum atomic E-state index is 0.236. The molecule has 19 heavy (non-hydrogen) atoms. The maximum Gasteiger partial charge on any atom is 0.199 e. The number of aromatic nitrogens is 2. The highest BCUT2D eigenvalue weighted by molar-refractivity contribution is 6.32. The van der Waals surface area contributed by atoms with E-state index in [2.05, 4.69) is 15.3 Å². The molecule has 1 aromatic heterocycles. The minimum Gasteiger partial charge on any atom is -0.495 e. The molecule has 0 aliphatic carbocycles. The van der Waals surface area contributed by atoms with Crippen LogP contribution < -0.4 is 14.8 Å². The van der Waals surface area contributed by atoms with Crippen LogP contribution in [0.2, 0.25) is 10.2 Å². The van der Waals surface area contributed by atoms with Crippen LogP contribution in [0.3, 0.4) is 0 Å². The van der Waals surface area contributed by atoms with E-state index in [0.717, 1.165) is 5.69 Å². The molecular formula is C12H11Cl2N3O2. The molecule has 100 valence electrons. The topological polar surface area (TPSA) is 56.3 Å². The van der Waals surface area contributed by atoms with Gasteiger partial charge in [-0.15, -0.1) is 0 Å². The Balaban J connectivity index is 2.31. The van der Waals surface area contributed by atoms with Gasteiger partial charge in [-0.05, 0) is 18.2 Å². The van der Waals surface area contributed by atoms with Gasteiger partial charge in [-0.25, -0.2) is 9.97 Å². The summed E-state index contributed by atoms with van der Waals surface area (Å²) in [7, 11) is 3.05. The molecular weight excluding hydrogens is 289 g/mol. The summed E-state index contributed by atoms with van der Waals surface area (Å²) in [5, 5.41) is 3.78. The third-order valence-corrected chi connectivity index (χ3v) is 2.94. The van der Waals surface area contributed by atoms with E-state index in [1.807, 2.05) is 0 Å². The highest BCUT2D eigenvalue weighted by Crippen LogP contribution is 2.33. The molecule has 1 aromatic carbocycles. The number of anilines is 2. The number of methoxy groups -OCH3 is 2. The third kappa shape index (κ3) is 3.00. The molecule has 0 saturated carbocycles. The van der Waals surface area contributed by atoms with E-state index in [1.165, 1.54) is 13.4 Å². The Hall–Kier alpha value is -1.72. The van der Waals surface area contributed by atoms with E-state index in [4.69, 9.17) is 32.7 Å². The molecule has 1 heterocycles. The maximum atomic E-state index is 6.05. The Morgan fingerprint density at radius 1 is 1.11 bits per heavy atom. The highest BCUT2D eigenvalue weighted by atomic mass is 35.5. The molecule has 2 aromatic rings. The molecule has 0 fully saturated rings. The predicted octanol–water partition coefficient (Wildman–Crippen LogP) is 3.54. The first-order chi connectivity index (χ1) is 9.15. The standard InChI is InChI=1S/C12H11Cl2N3O2/c1-18-9-4-3-7(5-8(9)13)17-12-10(19-2)11(14)15-6-16-12/h3-6H,1-2H3,(H,15,16,17). The summed E-state index contributed by atoms with van der Waals surface area (Å²) >= 11 is 12.0. The minimum absolute atomic E-state index is 0.236. The van der Waals surface area contributed by atoms with Gasteiger partial charge in [0.05, 0.1) is 19.2 Å². The van der Waals surface area contributed by atoms with Crippen molar-refractivity contribution in [3.8, 4) is 11.5 Å². The van der Waals surface area contributed by atoms with Gasteiger partial charge in [-0.3, -0.25) is 0 Å². The molecule has 0 amide bonds. The molecule has 7 heteroatoms. The van der Waals surface area contributed by atoms with Crippen LogP contribution in [0.1, 0.15) is 0 Å². The largest absolute Gasteiger partial charge is 0.495 e. The molecule has 1 N–H and O–H groups in total. The van der Waals surface area contributed by atoms with Crippen LogP contribution in [-0.2, 0) is 0 Å². The second kappa shape index (κ2) is 5.95. The van der Waals surface area contributed by atoms with Crippen molar-refractivity contribution in [1.29, 1.82) is 0 Å². The number of hydrogen-bond donors (Lipinski definition) is 1. The number of nitrogens with one attached hydrogen (secondary N) is 1. The van der Waals surface area contributed by atoms with Crippen molar-refractivity contribution < 1.29 is 9.47 Å². The van der Waals surface area contributed by atoms with E-state index < -0.39 is 0 Å². The van der Waals surface area contributed by atoms with Crippen LogP contribution in [0.4, 0.5) is 11.5 Å². The van der Waals surface area contributed by atoms with Crippen molar-refractivity contribution in [3.63, 3.8) is 0 Å². The van der Waals surface area contributed by atoms with Crippen LogP contribution in [0.15, 0.2) is 24.5 Å². The molecule has 2 rings (SSSR count). The lowest BCUT2D eigenvalue weighted by Crippen LogP contribution is -1.99. The predicted molar refractivity (Wildman–Crippen MR) is 74.9 cm³/mol. The summed E-state index contributed by atoms with van der Waals surface area (Å²) < 4.78 is 10.2. The van der Waals surface area contributed by atoms with Crippen LogP contribution in [0.5, 0.6) is 11.5 Å². The average Bonchev–Trinajstić information content (AvgIpc) is 2.39. The fourth-order valence-corrected chi connectivity index (χ4v) is 1.97. The van der Waals surface area contributed by atoms with Crippen molar-refractivity contribution in [1.82, 2.24) is 9.97 Å². The number of halogens is 2. The zero-order valence-corrected chi connectivity index (χ0v) is 11.8. The monoisotopic (exact) mass is 299 g/mol. The molecule has 0 spiro atoms. The van der Waals surface area contributed by atoms with Gasteiger partial charge < -0.3 is 14.8 Å². The zero-order chi connectivity index (χ0) is 13.8. The van der Waals surface area contributed by atoms with Gasteiger partial charge in [0.2, 0.25) is 0 Å². The fourth-order valence-electron chi connectivity index (χ4n) is 1.50. The van der Waals surface area contributed by atoms with E-state index in [9.17, 15) is 0 Å². The van der Waals surface area contributed by atoms with Crippen LogP contribution >= 0.6 is 23.2 Å². The van der Waals surface area contributed by atoms with E-state index in [1.54, 1.807) is 25.3 Å². The first-order valence-electron chi connectivity index (χ1n) is 5.30. The van der Waals surface area contributed by atoms with Crippen molar-refractivity contribution in [2.24, 2.45) is 0 Å². The summed E-state index contributed by atoms with van der Waals surface area (Å²) in [5.41, 5.74) is 0.735. The fraction of sp³-hybridized carbons (Fsp3) is 0.167. The summed E-state index contributed by atoms with van der Waals surface area (Å²) in [6.45, 7) is 0. The van der Waals surface area contributed by atoms with Gasteiger partial charge in [0.15, 0.2) is 16.7 Å². The molecule has 0 aliphatic heterocycles. The van der Waals surface area contributed by atoms with Gasteiger partial charge in [0.25, 0.3) is 0 Å². The normalized spacial score (nSPS) is 10.1. The van der Waals surface area contributed by atoms with Gasteiger partial charge in [0.1, 0.15) is 12.1 Å². The van der Waals surface area contributed by atoms with Crippen molar-refractivity contribution in [2.45, 2.75) is 0 Å². The zero-order valence-electron chi connectivity index (χ0n) is 10.3. The Labute approximate surface area is 120 Å². The van der Waals surface area contributed by atoms with Crippen LogP contribution in [0, 0.1) is 0 Å². The Morgan fingerprint density at radius 2 is 1.89 bits per heavy atom. The molecule has 5 nitrogen and oxygen atoms in total. The second-order valence-electron chi connectivity index (χ2n) is 3.52. The van der Waals surface area contributed by atoms with Crippen molar-refractivity contribution >= 4 is 34.7 Å². The van der Waals surface area contributed by atoms with Crippen molar-refractivity contribution in [2.75, 3.05) is 19.5 Å². The lowest BCUT2D eigenvalue weighted by atomic mass is 10.3. The summed E-state index contributed by atoms with van der Waals surface area (Å²) in [4.78, 5) is 7.91. The molecule has 0 atom stereocenters. The van der Waals surface area contributed by atoms with Gasteiger partial charge in [-0.2, -0.15) is 0 Å². The van der Waals surface area contributed by atoms with E-state index in [-0.39, 0.29) is 5.15 Å². The number of nitrogens with zero attached hydrogens (tertiary/aromatic N) is 2. The first-order valence-corrected chi connectivity index (χ1v) is 6.06. The van der Waals surface area contributed by atoms with Gasteiger partial charge >= 0.3 is 0 Å². The van der Waals surface area contributed by atoms with Crippen LogP contribution in [0.25, 0.3) is 0 Å². The summed E-state index contributed by atoms with van der Waals surface area (Å²) in [6.07, 6.45) is 1.35. The average molecular weight is 300 g/mol. The molecule has 0 aliphatic rings. The highest BCUT2D eigenvalue weighted by Gasteiger charge is 2.11. The summed E-state index contributed by atoms with van der Waals surface area (Å²) in [5.74, 6) is 1.43. The lowest BCUT2D eigenvalue weighted by Gasteiger charge is -2.11. The second-order valence-corrected chi connectivity index (χ2v) is 4.29. The van der Waals surface area contributed by atoms with Gasteiger partial charge in [-0.1, -0.05) is 23.2 Å².